The molecule has 174 valence electrons. The van der Waals surface area contributed by atoms with Crippen LogP contribution in [0.3, 0.4) is 0 Å². The van der Waals surface area contributed by atoms with Gasteiger partial charge in [0.25, 0.3) is 0 Å². The van der Waals surface area contributed by atoms with Gasteiger partial charge in [0.1, 0.15) is 29.5 Å². The Balaban J connectivity index is 1.76. The molecule has 1 fully saturated rings. The Bertz CT molecular complexity index is 893. The number of amides is 1. The summed E-state index contributed by atoms with van der Waals surface area (Å²) in [6.45, 7) is 0.815. The number of carbonyl (C=O) groups is 1. The van der Waals surface area contributed by atoms with E-state index in [1.807, 2.05) is 50.3 Å². The van der Waals surface area contributed by atoms with Gasteiger partial charge in [0, 0.05) is 19.0 Å². The van der Waals surface area contributed by atoms with E-state index in [2.05, 4.69) is 5.32 Å². The maximum absolute atomic E-state index is 13.6. The molecule has 0 radical (unpaired) electrons. The molecule has 0 saturated heterocycles. The summed E-state index contributed by atoms with van der Waals surface area (Å²) in [5.74, 6) is 0.598. The van der Waals surface area contributed by atoms with E-state index in [9.17, 15) is 14.3 Å². The Hall–Kier alpha value is -2.68. The lowest BCUT2D eigenvalue weighted by Gasteiger charge is -2.32. The van der Waals surface area contributed by atoms with Crippen LogP contribution in [0.25, 0.3) is 0 Å². The number of nitrogens with one attached hydrogen (secondary N) is 1. The number of nitrogens with zero attached hydrogens (tertiary/aromatic N) is 2. The molecule has 7 nitrogen and oxygen atoms in total. The largest absolute Gasteiger partial charge is 0.497 e. The van der Waals surface area contributed by atoms with Crippen molar-refractivity contribution in [1.82, 2.24) is 15.1 Å². The van der Waals surface area contributed by atoms with Crippen molar-refractivity contribution in [3.8, 4) is 11.5 Å². The van der Waals surface area contributed by atoms with Gasteiger partial charge < -0.3 is 24.8 Å². The summed E-state index contributed by atoms with van der Waals surface area (Å²) in [4.78, 5) is 16.3. The lowest BCUT2D eigenvalue weighted by atomic mass is 10.1. The normalized spacial score (nSPS) is 22.9. The number of hydrogen-bond donors (Lipinski definition) is 2. The fourth-order valence-electron chi connectivity index (χ4n) is 4.20. The highest BCUT2D eigenvalue weighted by Gasteiger charge is 2.46. The van der Waals surface area contributed by atoms with E-state index in [1.54, 1.807) is 24.1 Å². The third-order valence-electron chi connectivity index (χ3n) is 5.62. The first-order valence-corrected chi connectivity index (χ1v) is 10.6. The second kappa shape index (κ2) is 10.8. The summed E-state index contributed by atoms with van der Waals surface area (Å²) in [5, 5.41) is 14.2. The molecule has 0 aliphatic heterocycles. The summed E-state index contributed by atoms with van der Waals surface area (Å²) >= 11 is 0. The molecule has 0 aromatic heterocycles. The Labute approximate surface area is 188 Å². The summed E-state index contributed by atoms with van der Waals surface area (Å²) in [6.07, 6.45) is -1.04. The van der Waals surface area contributed by atoms with Gasteiger partial charge in [-0.1, -0.05) is 18.2 Å². The van der Waals surface area contributed by atoms with Gasteiger partial charge in [-0.05, 0) is 51.0 Å². The minimum absolute atomic E-state index is 0.124. The fourth-order valence-corrected chi connectivity index (χ4v) is 4.20. The van der Waals surface area contributed by atoms with Crippen molar-refractivity contribution in [2.24, 2.45) is 0 Å². The highest BCUT2D eigenvalue weighted by molar-refractivity contribution is 5.78. The molecule has 1 aliphatic rings. The molecular formula is C24H32FN3O4. The van der Waals surface area contributed by atoms with Crippen LogP contribution in [0.2, 0.25) is 0 Å². The SMILES string of the molecule is COc1ccc(CN(C)[C@@H]2[C@@H](O)[C@H](Oc3cccc(F)c3)C[C@H]2NC(=O)CN(C)C)cc1. The van der Waals surface area contributed by atoms with Gasteiger partial charge in [-0.25, -0.2) is 4.39 Å². The van der Waals surface area contributed by atoms with E-state index in [-0.39, 0.29) is 24.5 Å². The minimum atomic E-state index is -0.869. The van der Waals surface area contributed by atoms with Crippen molar-refractivity contribution in [3.05, 3.63) is 59.9 Å². The molecule has 1 amide bonds. The molecule has 32 heavy (non-hydrogen) atoms. The van der Waals surface area contributed by atoms with Gasteiger partial charge in [0.05, 0.1) is 25.7 Å². The van der Waals surface area contributed by atoms with Crippen molar-refractivity contribution < 1.29 is 23.8 Å². The fraction of sp³-hybridized carbons (Fsp3) is 0.458. The molecule has 2 aromatic rings. The van der Waals surface area contributed by atoms with Crippen molar-refractivity contribution in [2.75, 3.05) is 34.8 Å². The second-order valence-corrected chi connectivity index (χ2v) is 8.51. The summed E-state index contributed by atoms with van der Waals surface area (Å²) < 4.78 is 24.7. The van der Waals surface area contributed by atoms with Crippen LogP contribution >= 0.6 is 0 Å². The molecule has 0 bridgehead atoms. The van der Waals surface area contributed by atoms with Crippen molar-refractivity contribution in [1.29, 1.82) is 0 Å². The predicted octanol–water partition coefficient (Wildman–Crippen LogP) is 1.89. The lowest BCUT2D eigenvalue weighted by Crippen LogP contribution is -2.52. The third kappa shape index (κ3) is 6.18. The molecule has 2 aromatic carbocycles. The van der Waals surface area contributed by atoms with E-state index in [4.69, 9.17) is 9.47 Å². The lowest BCUT2D eigenvalue weighted by molar-refractivity contribution is -0.122. The highest BCUT2D eigenvalue weighted by atomic mass is 19.1. The van der Waals surface area contributed by atoms with Gasteiger partial charge >= 0.3 is 0 Å². The first-order valence-electron chi connectivity index (χ1n) is 10.6. The topological polar surface area (TPSA) is 74.3 Å². The molecule has 0 unspecified atom stereocenters. The van der Waals surface area contributed by atoms with E-state index in [0.29, 0.717) is 18.7 Å². The van der Waals surface area contributed by atoms with Crippen LogP contribution in [0.1, 0.15) is 12.0 Å². The Morgan fingerprint density at radius 2 is 1.88 bits per heavy atom. The third-order valence-corrected chi connectivity index (χ3v) is 5.62. The number of hydrogen-bond acceptors (Lipinski definition) is 6. The van der Waals surface area contributed by atoms with Crippen molar-refractivity contribution in [2.45, 2.75) is 37.3 Å². The Morgan fingerprint density at radius 1 is 1.16 bits per heavy atom. The molecular weight excluding hydrogens is 413 g/mol. The monoisotopic (exact) mass is 445 g/mol. The molecule has 1 aliphatic carbocycles. The Morgan fingerprint density at radius 3 is 2.50 bits per heavy atom. The molecule has 0 heterocycles. The first-order chi connectivity index (χ1) is 15.3. The number of carbonyl (C=O) groups excluding carboxylic acids is 1. The number of likely N-dealkylation sites (N-methyl/N-ethyl adjacent to an activating group) is 2. The number of halogens is 1. The zero-order valence-corrected chi connectivity index (χ0v) is 19.0. The summed E-state index contributed by atoms with van der Waals surface area (Å²) in [6, 6.07) is 12.9. The van der Waals surface area contributed by atoms with Gasteiger partial charge in [-0.3, -0.25) is 9.69 Å². The van der Waals surface area contributed by atoms with E-state index in [0.717, 1.165) is 11.3 Å². The summed E-state index contributed by atoms with van der Waals surface area (Å²) in [7, 11) is 7.18. The number of methoxy groups -OCH3 is 1. The summed E-state index contributed by atoms with van der Waals surface area (Å²) in [5.41, 5.74) is 1.05. The maximum Gasteiger partial charge on any atom is 0.234 e. The highest BCUT2D eigenvalue weighted by Crippen LogP contribution is 2.30. The Kier molecular flexibility index (Phi) is 8.06. The van der Waals surface area contributed by atoms with Gasteiger partial charge in [-0.15, -0.1) is 0 Å². The van der Waals surface area contributed by atoms with Crippen LogP contribution in [0, 0.1) is 5.82 Å². The van der Waals surface area contributed by atoms with E-state index in [1.165, 1.54) is 12.1 Å². The van der Waals surface area contributed by atoms with Crippen LogP contribution in [0.4, 0.5) is 4.39 Å². The zero-order chi connectivity index (χ0) is 23.3. The second-order valence-electron chi connectivity index (χ2n) is 8.51. The van der Waals surface area contributed by atoms with Crippen LogP contribution in [-0.2, 0) is 11.3 Å². The van der Waals surface area contributed by atoms with Crippen LogP contribution in [0.15, 0.2) is 48.5 Å². The zero-order valence-electron chi connectivity index (χ0n) is 19.0. The molecule has 8 heteroatoms. The van der Waals surface area contributed by atoms with Gasteiger partial charge in [0.15, 0.2) is 0 Å². The first kappa shape index (κ1) is 24.0. The van der Waals surface area contributed by atoms with E-state index >= 15 is 0 Å². The van der Waals surface area contributed by atoms with Crippen molar-refractivity contribution >= 4 is 5.91 Å². The van der Waals surface area contributed by atoms with Gasteiger partial charge in [-0.2, -0.15) is 0 Å². The molecule has 4 atom stereocenters. The molecule has 0 spiro atoms. The standard InChI is InChI=1S/C24H32FN3O4/c1-27(2)15-22(29)26-20-13-21(32-19-7-5-6-17(25)12-19)24(30)23(20)28(3)14-16-8-10-18(31-4)11-9-16/h5-12,20-21,23-24,30H,13-15H2,1-4H3,(H,26,29)/t20-,21-,23+,24+/m1/s1. The smallest absolute Gasteiger partial charge is 0.234 e. The quantitative estimate of drug-likeness (QED) is 0.614. The van der Waals surface area contributed by atoms with E-state index < -0.39 is 18.0 Å². The van der Waals surface area contributed by atoms with Gasteiger partial charge in [0.2, 0.25) is 5.91 Å². The molecule has 3 rings (SSSR count). The van der Waals surface area contributed by atoms with Crippen LogP contribution in [0.5, 0.6) is 11.5 Å². The maximum atomic E-state index is 13.6. The van der Waals surface area contributed by atoms with Crippen LogP contribution < -0.4 is 14.8 Å². The molecule has 1 saturated carbocycles. The minimum Gasteiger partial charge on any atom is -0.497 e. The number of aliphatic hydroxyl groups is 1. The number of aliphatic hydroxyl groups excluding tert-OH is 1. The van der Waals surface area contributed by atoms with Crippen molar-refractivity contribution in [3.63, 3.8) is 0 Å². The average molecular weight is 446 g/mol. The number of ether oxygens (including phenoxy) is 2. The predicted molar refractivity (Wildman–Crippen MR) is 120 cm³/mol. The average Bonchev–Trinajstić information content (AvgIpc) is 3.02. The molecule has 2 N–H and O–H groups in total. The van der Waals surface area contributed by atoms with Crippen LogP contribution in [-0.4, -0.2) is 79.9 Å². The number of benzene rings is 2. The number of rotatable bonds is 9.